The van der Waals surface area contributed by atoms with Crippen LogP contribution in [-0.4, -0.2) is 41.1 Å². The Morgan fingerprint density at radius 3 is 2.25 bits per heavy atom. The molecule has 0 fully saturated rings. The number of carboxylic acids is 1. The Bertz CT molecular complexity index is 181. The van der Waals surface area contributed by atoms with E-state index in [1.165, 1.54) is 0 Å². The first kappa shape index (κ1) is 10.9. The van der Waals surface area contributed by atoms with E-state index in [1.54, 1.807) is 13.8 Å². The minimum atomic E-state index is -1.15. The van der Waals surface area contributed by atoms with Gasteiger partial charge in [-0.2, -0.15) is 0 Å². The third-order valence-electron chi connectivity index (χ3n) is 1.36. The molecule has 1 amide bonds. The SMILES string of the molecule is CC(C)N(CC(=O)O)C(=O)CF. The molecular weight excluding hydrogens is 165 g/mol. The second-order valence-corrected chi connectivity index (χ2v) is 2.64. The molecule has 0 heterocycles. The van der Waals surface area contributed by atoms with E-state index >= 15 is 0 Å². The van der Waals surface area contributed by atoms with E-state index in [4.69, 9.17) is 5.11 Å². The summed E-state index contributed by atoms with van der Waals surface area (Å²) in [6, 6.07) is -0.288. The van der Waals surface area contributed by atoms with Crippen molar-refractivity contribution in [2.75, 3.05) is 13.2 Å². The van der Waals surface area contributed by atoms with E-state index < -0.39 is 25.1 Å². The lowest BCUT2D eigenvalue weighted by Crippen LogP contribution is -2.41. The summed E-state index contributed by atoms with van der Waals surface area (Å²) in [6.07, 6.45) is 0. The quantitative estimate of drug-likeness (QED) is 0.670. The van der Waals surface area contributed by atoms with Crippen LogP contribution in [0.2, 0.25) is 0 Å². The van der Waals surface area contributed by atoms with Gasteiger partial charge >= 0.3 is 5.97 Å². The van der Waals surface area contributed by atoms with Crippen LogP contribution in [0, 0.1) is 0 Å². The summed E-state index contributed by atoms with van der Waals surface area (Å²) in [5.74, 6) is -1.92. The maximum Gasteiger partial charge on any atom is 0.323 e. The van der Waals surface area contributed by atoms with E-state index in [0.717, 1.165) is 4.90 Å². The molecule has 70 valence electrons. The van der Waals surface area contributed by atoms with Crippen molar-refractivity contribution in [3.8, 4) is 0 Å². The highest BCUT2D eigenvalue weighted by Crippen LogP contribution is 1.98. The van der Waals surface area contributed by atoms with Gasteiger partial charge in [0.1, 0.15) is 6.54 Å². The number of amides is 1. The van der Waals surface area contributed by atoms with Crippen LogP contribution in [0.25, 0.3) is 0 Å². The number of halogens is 1. The number of nitrogens with zero attached hydrogens (tertiary/aromatic N) is 1. The smallest absolute Gasteiger partial charge is 0.323 e. The molecule has 0 atom stereocenters. The monoisotopic (exact) mass is 177 g/mol. The molecule has 0 aliphatic carbocycles. The predicted molar refractivity (Wildman–Crippen MR) is 40.5 cm³/mol. The lowest BCUT2D eigenvalue weighted by atomic mass is 10.3. The van der Waals surface area contributed by atoms with Gasteiger partial charge in [-0.3, -0.25) is 9.59 Å². The molecule has 0 bridgehead atoms. The number of hydrogen-bond acceptors (Lipinski definition) is 2. The Kier molecular flexibility index (Phi) is 4.25. The molecule has 0 radical (unpaired) electrons. The van der Waals surface area contributed by atoms with Gasteiger partial charge in [0.05, 0.1) is 0 Å². The number of carbonyl (C=O) groups excluding carboxylic acids is 1. The third kappa shape index (κ3) is 3.32. The molecule has 1 N–H and O–H groups in total. The summed E-state index contributed by atoms with van der Waals surface area (Å²) in [5.41, 5.74) is 0. The fourth-order valence-corrected chi connectivity index (χ4v) is 0.781. The Hall–Kier alpha value is -1.13. The third-order valence-corrected chi connectivity index (χ3v) is 1.36. The van der Waals surface area contributed by atoms with Gasteiger partial charge < -0.3 is 10.0 Å². The van der Waals surface area contributed by atoms with Gasteiger partial charge in [-0.1, -0.05) is 0 Å². The van der Waals surface area contributed by atoms with Gasteiger partial charge in [-0.25, -0.2) is 4.39 Å². The first-order valence-electron chi connectivity index (χ1n) is 3.56. The van der Waals surface area contributed by atoms with Crippen molar-refractivity contribution in [1.29, 1.82) is 0 Å². The Balaban J connectivity index is 4.23. The molecule has 0 unspecified atom stereocenters. The van der Waals surface area contributed by atoms with Gasteiger partial charge in [0.15, 0.2) is 6.67 Å². The van der Waals surface area contributed by atoms with E-state index in [-0.39, 0.29) is 6.04 Å². The topological polar surface area (TPSA) is 57.6 Å². The van der Waals surface area contributed by atoms with Crippen molar-refractivity contribution in [3.05, 3.63) is 0 Å². The van der Waals surface area contributed by atoms with Crippen LogP contribution >= 0.6 is 0 Å². The zero-order valence-corrected chi connectivity index (χ0v) is 7.08. The average Bonchev–Trinajstić information content (AvgIpc) is 1.98. The van der Waals surface area contributed by atoms with E-state index in [1.807, 2.05) is 0 Å². The molecule has 0 saturated heterocycles. The number of rotatable bonds is 4. The summed E-state index contributed by atoms with van der Waals surface area (Å²) >= 11 is 0. The van der Waals surface area contributed by atoms with Gasteiger partial charge in [0.25, 0.3) is 5.91 Å². The van der Waals surface area contributed by atoms with Crippen molar-refractivity contribution in [1.82, 2.24) is 4.90 Å². The van der Waals surface area contributed by atoms with Gasteiger partial charge in [0, 0.05) is 6.04 Å². The Morgan fingerprint density at radius 1 is 1.50 bits per heavy atom. The average molecular weight is 177 g/mol. The summed E-state index contributed by atoms with van der Waals surface area (Å²) in [5, 5.41) is 8.36. The first-order valence-corrected chi connectivity index (χ1v) is 3.56. The summed E-state index contributed by atoms with van der Waals surface area (Å²) < 4.78 is 11.9. The van der Waals surface area contributed by atoms with Crippen LogP contribution < -0.4 is 0 Å². The molecule has 0 aromatic carbocycles. The standard InChI is InChI=1S/C7H12FNO3/c1-5(2)9(4-7(11)12)6(10)3-8/h5H,3-4H2,1-2H3,(H,11,12). The van der Waals surface area contributed by atoms with Gasteiger partial charge in [-0.15, -0.1) is 0 Å². The van der Waals surface area contributed by atoms with E-state index in [2.05, 4.69) is 0 Å². The Morgan fingerprint density at radius 2 is 2.00 bits per heavy atom. The van der Waals surface area contributed by atoms with Gasteiger partial charge in [0.2, 0.25) is 0 Å². The number of carbonyl (C=O) groups is 2. The molecule has 12 heavy (non-hydrogen) atoms. The summed E-state index contributed by atoms with van der Waals surface area (Å²) in [7, 11) is 0. The van der Waals surface area contributed by atoms with Crippen molar-refractivity contribution < 1.29 is 19.1 Å². The minimum Gasteiger partial charge on any atom is -0.480 e. The minimum absolute atomic E-state index is 0.288. The fourth-order valence-electron chi connectivity index (χ4n) is 0.781. The highest BCUT2D eigenvalue weighted by atomic mass is 19.1. The van der Waals surface area contributed by atoms with Crippen molar-refractivity contribution in [3.63, 3.8) is 0 Å². The van der Waals surface area contributed by atoms with Crippen molar-refractivity contribution in [2.45, 2.75) is 19.9 Å². The largest absolute Gasteiger partial charge is 0.480 e. The van der Waals surface area contributed by atoms with Crippen LogP contribution in [-0.2, 0) is 9.59 Å². The number of alkyl halides is 1. The lowest BCUT2D eigenvalue weighted by molar-refractivity contribution is -0.146. The molecule has 0 aliphatic rings. The fraction of sp³-hybridized carbons (Fsp3) is 0.714. The van der Waals surface area contributed by atoms with Crippen LogP contribution in [0.15, 0.2) is 0 Å². The number of hydrogen-bond donors (Lipinski definition) is 1. The summed E-state index contributed by atoms with van der Waals surface area (Å²) in [4.78, 5) is 22.0. The van der Waals surface area contributed by atoms with Crippen LogP contribution in [0.1, 0.15) is 13.8 Å². The molecule has 5 heteroatoms. The first-order chi connectivity index (χ1) is 5.49. The lowest BCUT2D eigenvalue weighted by Gasteiger charge is -2.23. The molecule has 0 spiro atoms. The predicted octanol–water partition coefficient (Wildman–Crippen LogP) is 0.278. The zero-order valence-electron chi connectivity index (χ0n) is 7.08. The van der Waals surface area contributed by atoms with E-state index in [0.29, 0.717) is 0 Å². The molecule has 4 nitrogen and oxygen atoms in total. The van der Waals surface area contributed by atoms with Crippen LogP contribution in [0.5, 0.6) is 0 Å². The highest BCUT2D eigenvalue weighted by Gasteiger charge is 2.18. The van der Waals surface area contributed by atoms with Crippen molar-refractivity contribution >= 4 is 11.9 Å². The molecule has 0 rings (SSSR count). The molecule has 0 aromatic heterocycles. The van der Waals surface area contributed by atoms with E-state index in [9.17, 15) is 14.0 Å². The Labute approximate surface area is 70.0 Å². The second-order valence-electron chi connectivity index (χ2n) is 2.64. The van der Waals surface area contributed by atoms with Crippen LogP contribution in [0.3, 0.4) is 0 Å². The van der Waals surface area contributed by atoms with Crippen molar-refractivity contribution in [2.24, 2.45) is 0 Å². The molecule has 0 saturated carbocycles. The zero-order chi connectivity index (χ0) is 9.72. The highest BCUT2D eigenvalue weighted by molar-refractivity contribution is 5.82. The van der Waals surface area contributed by atoms with Crippen LogP contribution in [0.4, 0.5) is 4.39 Å². The molecular formula is C7H12FNO3. The normalized spacial score (nSPS) is 10.0. The number of aliphatic carboxylic acids is 1. The number of carboxylic acid groups (broad SMARTS) is 1. The molecule has 0 aliphatic heterocycles. The summed E-state index contributed by atoms with van der Waals surface area (Å²) in [6.45, 7) is 1.68. The van der Waals surface area contributed by atoms with Gasteiger partial charge in [-0.05, 0) is 13.8 Å². The maximum absolute atomic E-state index is 11.9. The maximum atomic E-state index is 11.9. The second kappa shape index (κ2) is 4.69. The molecule has 0 aromatic rings.